The van der Waals surface area contributed by atoms with E-state index in [0.29, 0.717) is 12.5 Å². The molecular weight excluding hydrogens is 326 g/mol. The summed E-state index contributed by atoms with van der Waals surface area (Å²) in [7, 11) is 0. The van der Waals surface area contributed by atoms with Crippen LogP contribution < -0.4 is 5.32 Å². The highest BCUT2D eigenvalue weighted by Crippen LogP contribution is 2.42. The number of carboxylic acid groups (broad SMARTS) is 1. The average Bonchev–Trinajstić information content (AvgIpc) is 3.13. The highest BCUT2D eigenvalue weighted by Gasteiger charge is 2.27. The van der Waals surface area contributed by atoms with Gasteiger partial charge in [0, 0.05) is 18.7 Å². The van der Waals surface area contributed by atoms with Crippen molar-refractivity contribution in [3.63, 3.8) is 0 Å². The summed E-state index contributed by atoms with van der Waals surface area (Å²) in [6.45, 7) is 0.625. The van der Waals surface area contributed by atoms with Crippen molar-refractivity contribution in [3.05, 3.63) is 52.8 Å². The van der Waals surface area contributed by atoms with Gasteiger partial charge >= 0.3 is 5.97 Å². The zero-order chi connectivity index (χ0) is 16.5. The number of carbonyl (C=O) groups is 1. The second-order valence-electron chi connectivity index (χ2n) is 5.69. The molecule has 1 aliphatic carbocycles. The summed E-state index contributed by atoms with van der Waals surface area (Å²) >= 11 is 1.61. The van der Waals surface area contributed by atoms with E-state index < -0.39 is 5.97 Å². The fraction of sp³-hybridized carbons (Fsp3) is 0.250. The minimum Gasteiger partial charge on any atom is -0.476 e. The number of nitrogens with one attached hydrogen (secondary N) is 1. The second-order valence-corrected chi connectivity index (χ2v) is 6.70. The summed E-state index contributed by atoms with van der Waals surface area (Å²) in [5.74, 6) is -0.418. The van der Waals surface area contributed by atoms with Gasteiger partial charge in [0.2, 0.25) is 5.13 Å². The van der Waals surface area contributed by atoms with Gasteiger partial charge in [-0.1, -0.05) is 23.5 Å². The van der Waals surface area contributed by atoms with Crippen LogP contribution >= 0.6 is 11.3 Å². The molecule has 3 aromatic rings. The molecule has 1 aliphatic rings. The number of carboxylic acids is 1. The van der Waals surface area contributed by atoms with Crippen LogP contribution in [0.2, 0.25) is 0 Å². The molecule has 0 saturated heterocycles. The number of rotatable bonds is 6. The summed E-state index contributed by atoms with van der Waals surface area (Å²) in [4.78, 5) is 10.9. The van der Waals surface area contributed by atoms with Gasteiger partial charge in [-0.3, -0.25) is 0 Å². The Labute approximate surface area is 142 Å². The Morgan fingerprint density at radius 3 is 2.96 bits per heavy atom. The van der Waals surface area contributed by atoms with Crippen molar-refractivity contribution in [1.82, 2.24) is 20.0 Å². The van der Waals surface area contributed by atoms with Crippen LogP contribution in [0.25, 0.3) is 5.69 Å². The van der Waals surface area contributed by atoms with Gasteiger partial charge in [0.25, 0.3) is 0 Å². The molecule has 2 aromatic heterocycles. The molecule has 0 amide bonds. The number of aromatic nitrogens is 4. The van der Waals surface area contributed by atoms with Crippen molar-refractivity contribution in [1.29, 1.82) is 0 Å². The lowest BCUT2D eigenvalue weighted by molar-refractivity contribution is 0.0690. The van der Waals surface area contributed by atoms with Crippen molar-refractivity contribution in [3.8, 4) is 5.69 Å². The molecule has 0 radical (unpaired) electrons. The summed E-state index contributed by atoms with van der Waals surface area (Å²) in [5, 5.41) is 26.6. The molecule has 0 aliphatic heterocycles. The number of hydrogen-bond donors (Lipinski definition) is 2. The number of hydrogen-bond acceptors (Lipinski definition) is 6. The lowest BCUT2D eigenvalue weighted by atomic mass is 10.2. The van der Waals surface area contributed by atoms with Crippen LogP contribution in [0.15, 0.2) is 36.5 Å². The first-order chi connectivity index (χ1) is 11.7. The largest absolute Gasteiger partial charge is 0.476 e. The molecule has 0 atom stereocenters. The quantitative estimate of drug-likeness (QED) is 0.716. The van der Waals surface area contributed by atoms with Crippen LogP contribution in [0.5, 0.6) is 0 Å². The lowest BCUT2D eigenvalue weighted by Crippen LogP contribution is -2.03. The van der Waals surface area contributed by atoms with Gasteiger partial charge in [-0.2, -0.15) is 5.10 Å². The maximum absolute atomic E-state index is 10.9. The van der Waals surface area contributed by atoms with Crippen molar-refractivity contribution >= 4 is 22.4 Å². The van der Waals surface area contributed by atoms with Crippen LogP contribution in [0.3, 0.4) is 0 Å². The van der Waals surface area contributed by atoms with Gasteiger partial charge < -0.3 is 10.4 Å². The molecule has 7 nitrogen and oxygen atoms in total. The third-order valence-electron chi connectivity index (χ3n) is 3.79. The Morgan fingerprint density at radius 2 is 2.21 bits per heavy atom. The van der Waals surface area contributed by atoms with Crippen molar-refractivity contribution in [2.45, 2.75) is 25.3 Å². The van der Waals surface area contributed by atoms with E-state index >= 15 is 0 Å². The zero-order valence-corrected chi connectivity index (χ0v) is 13.5. The molecule has 24 heavy (non-hydrogen) atoms. The third kappa shape index (κ3) is 3.13. The van der Waals surface area contributed by atoms with Gasteiger partial charge in [0.1, 0.15) is 5.01 Å². The zero-order valence-electron chi connectivity index (χ0n) is 12.7. The molecule has 0 bridgehead atoms. The summed E-state index contributed by atoms with van der Waals surface area (Å²) in [6, 6.07) is 9.26. The molecule has 2 heterocycles. The Bertz CT molecular complexity index is 884. The minimum absolute atomic E-state index is 0.0278. The molecule has 4 rings (SSSR count). The predicted octanol–water partition coefficient (Wildman–Crippen LogP) is 2.91. The second kappa shape index (κ2) is 6.04. The number of benzene rings is 1. The molecule has 0 spiro atoms. The predicted molar refractivity (Wildman–Crippen MR) is 89.7 cm³/mol. The van der Waals surface area contributed by atoms with Gasteiger partial charge in [-0.05, 0) is 36.6 Å². The van der Waals surface area contributed by atoms with Crippen molar-refractivity contribution in [2.24, 2.45) is 0 Å². The van der Waals surface area contributed by atoms with E-state index in [9.17, 15) is 4.79 Å². The fourth-order valence-electron chi connectivity index (χ4n) is 2.37. The van der Waals surface area contributed by atoms with Gasteiger partial charge in [0.05, 0.1) is 5.69 Å². The minimum atomic E-state index is -1.03. The summed E-state index contributed by atoms with van der Waals surface area (Å²) < 4.78 is 1.56. The molecule has 1 aromatic carbocycles. The SMILES string of the molecule is O=C(O)c1ccn(-c2cccc(CNc3nnc(C4CC4)s3)c2)n1. The number of nitrogens with zero attached hydrogens (tertiary/aromatic N) is 4. The van der Waals surface area contributed by atoms with E-state index in [1.807, 2.05) is 24.3 Å². The molecule has 1 fully saturated rings. The van der Waals surface area contributed by atoms with E-state index in [2.05, 4.69) is 20.6 Å². The maximum atomic E-state index is 10.9. The fourth-order valence-corrected chi connectivity index (χ4v) is 3.28. The highest BCUT2D eigenvalue weighted by molar-refractivity contribution is 7.15. The van der Waals surface area contributed by atoms with Crippen LogP contribution in [-0.4, -0.2) is 31.1 Å². The Kier molecular flexibility index (Phi) is 3.73. The van der Waals surface area contributed by atoms with E-state index in [-0.39, 0.29) is 5.69 Å². The first kappa shape index (κ1) is 14.8. The third-order valence-corrected chi connectivity index (χ3v) is 4.84. The molecule has 122 valence electrons. The van der Waals surface area contributed by atoms with E-state index in [1.54, 1.807) is 22.2 Å². The normalized spacial score (nSPS) is 13.8. The van der Waals surface area contributed by atoms with Crippen molar-refractivity contribution in [2.75, 3.05) is 5.32 Å². The lowest BCUT2D eigenvalue weighted by Gasteiger charge is -2.06. The molecular formula is C16H15N5O2S. The first-order valence-corrected chi connectivity index (χ1v) is 8.46. The highest BCUT2D eigenvalue weighted by atomic mass is 32.1. The van der Waals surface area contributed by atoms with Gasteiger partial charge in [-0.25, -0.2) is 9.48 Å². The molecule has 8 heteroatoms. The van der Waals surface area contributed by atoms with E-state index in [0.717, 1.165) is 21.4 Å². The topological polar surface area (TPSA) is 92.9 Å². The van der Waals surface area contributed by atoms with Crippen LogP contribution in [0.4, 0.5) is 5.13 Å². The summed E-state index contributed by atoms with van der Waals surface area (Å²) in [6.07, 6.45) is 4.08. The van der Waals surface area contributed by atoms with Gasteiger partial charge in [-0.15, -0.1) is 10.2 Å². The molecule has 2 N–H and O–H groups in total. The smallest absolute Gasteiger partial charge is 0.356 e. The van der Waals surface area contributed by atoms with Crippen LogP contribution in [0, 0.1) is 0 Å². The molecule has 0 unspecified atom stereocenters. The Morgan fingerprint density at radius 1 is 1.33 bits per heavy atom. The van der Waals surface area contributed by atoms with E-state index in [4.69, 9.17) is 5.11 Å². The monoisotopic (exact) mass is 341 g/mol. The van der Waals surface area contributed by atoms with E-state index in [1.165, 1.54) is 18.9 Å². The number of aromatic carboxylic acids is 1. The van der Waals surface area contributed by atoms with Gasteiger partial charge in [0.15, 0.2) is 5.69 Å². The average molecular weight is 341 g/mol. The Hall–Kier alpha value is -2.74. The van der Waals surface area contributed by atoms with Crippen molar-refractivity contribution < 1.29 is 9.90 Å². The number of anilines is 1. The molecule has 1 saturated carbocycles. The van der Waals surface area contributed by atoms with Crippen LogP contribution in [-0.2, 0) is 6.54 Å². The first-order valence-electron chi connectivity index (χ1n) is 7.64. The standard InChI is InChI=1S/C16H15N5O2S/c22-15(23)13-6-7-21(20-13)12-3-1-2-10(8-12)9-17-16-19-18-14(24-16)11-4-5-11/h1-3,6-8,11H,4-5,9H2,(H,17,19)(H,22,23). The Balaban J connectivity index is 1.46. The van der Waals surface area contributed by atoms with Crippen LogP contribution in [0.1, 0.15) is 39.8 Å². The maximum Gasteiger partial charge on any atom is 0.356 e. The summed E-state index contributed by atoms with van der Waals surface area (Å²) in [5.41, 5.74) is 1.90.